The standard InChI is InChI=1S/C11H15N3/c1-8(12)7-11-9-5-3-4-6-10(9)13-14(11)2/h3-6,8H,7,12H2,1-2H3/t8-/m0/s1. The van der Waals surface area contributed by atoms with Gasteiger partial charge >= 0.3 is 0 Å². The SMILES string of the molecule is C[C@H](N)Cc1c2ccccc2nn1C. The molecule has 2 N–H and O–H groups in total. The van der Waals surface area contributed by atoms with Gasteiger partial charge in [0, 0.05) is 30.6 Å². The van der Waals surface area contributed by atoms with Crippen LogP contribution in [0.25, 0.3) is 10.9 Å². The summed E-state index contributed by atoms with van der Waals surface area (Å²) in [7, 11) is 1.97. The van der Waals surface area contributed by atoms with Crippen molar-refractivity contribution in [2.24, 2.45) is 12.8 Å². The van der Waals surface area contributed by atoms with E-state index in [1.165, 1.54) is 11.1 Å². The lowest BCUT2D eigenvalue weighted by molar-refractivity contribution is 0.656. The van der Waals surface area contributed by atoms with E-state index in [0.29, 0.717) is 0 Å². The lowest BCUT2D eigenvalue weighted by Crippen LogP contribution is -2.19. The number of aromatic nitrogens is 2. The minimum absolute atomic E-state index is 0.175. The first-order valence-electron chi connectivity index (χ1n) is 4.84. The van der Waals surface area contributed by atoms with Crippen molar-refractivity contribution in [3.63, 3.8) is 0 Å². The van der Waals surface area contributed by atoms with E-state index in [9.17, 15) is 0 Å². The van der Waals surface area contributed by atoms with E-state index in [2.05, 4.69) is 11.2 Å². The average molecular weight is 189 g/mol. The molecule has 0 aliphatic heterocycles. The van der Waals surface area contributed by atoms with Crippen LogP contribution >= 0.6 is 0 Å². The summed E-state index contributed by atoms with van der Waals surface area (Å²) in [4.78, 5) is 0. The highest BCUT2D eigenvalue weighted by Gasteiger charge is 2.09. The van der Waals surface area contributed by atoms with E-state index in [1.54, 1.807) is 0 Å². The zero-order valence-electron chi connectivity index (χ0n) is 8.57. The predicted molar refractivity (Wildman–Crippen MR) is 58.1 cm³/mol. The predicted octanol–water partition coefficient (Wildman–Crippen LogP) is 1.46. The lowest BCUT2D eigenvalue weighted by Gasteiger charge is -2.05. The van der Waals surface area contributed by atoms with Crippen LogP contribution in [0.1, 0.15) is 12.6 Å². The van der Waals surface area contributed by atoms with Gasteiger partial charge in [-0.1, -0.05) is 18.2 Å². The normalized spacial score (nSPS) is 13.4. The zero-order valence-corrected chi connectivity index (χ0v) is 8.57. The second-order valence-electron chi connectivity index (χ2n) is 3.77. The Morgan fingerprint density at radius 2 is 2.14 bits per heavy atom. The Kier molecular flexibility index (Phi) is 2.25. The van der Waals surface area contributed by atoms with Crippen LogP contribution in [0.3, 0.4) is 0 Å². The zero-order chi connectivity index (χ0) is 10.1. The van der Waals surface area contributed by atoms with Gasteiger partial charge < -0.3 is 5.73 Å². The molecule has 1 atom stereocenters. The molecule has 0 fully saturated rings. The van der Waals surface area contributed by atoms with Gasteiger partial charge in [-0.3, -0.25) is 4.68 Å². The molecular weight excluding hydrogens is 174 g/mol. The highest BCUT2D eigenvalue weighted by Crippen LogP contribution is 2.18. The average Bonchev–Trinajstić information content (AvgIpc) is 2.43. The summed E-state index contributed by atoms with van der Waals surface area (Å²) in [6.45, 7) is 2.02. The molecular formula is C11H15N3. The fourth-order valence-electron chi connectivity index (χ4n) is 1.75. The lowest BCUT2D eigenvalue weighted by atomic mass is 10.1. The highest BCUT2D eigenvalue weighted by atomic mass is 15.3. The van der Waals surface area contributed by atoms with Gasteiger partial charge in [-0.2, -0.15) is 5.10 Å². The van der Waals surface area contributed by atoms with E-state index in [0.717, 1.165) is 11.9 Å². The van der Waals surface area contributed by atoms with E-state index in [4.69, 9.17) is 5.73 Å². The molecule has 1 aromatic carbocycles. The first kappa shape index (κ1) is 9.21. The number of hydrogen-bond donors (Lipinski definition) is 1. The molecule has 0 radical (unpaired) electrons. The molecule has 2 rings (SSSR count). The summed E-state index contributed by atoms with van der Waals surface area (Å²) < 4.78 is 1.92. The summed E-state index contributed by atoms with van der Waals surface area (Å²) in [5, 5.41) is 5.64. The largest absolute Gasteiger partial charge is 0.328 e. The number of rotatable bonds is 2. The second-order valence-corrected chi connectivity index (χ2v) is 3.77. The van der Waals surface area contributed by atoms with Crippen molar-refractivity contribution in [3.8, 4) is 0 Å². The molecule has 0 saturated carbocycles. The Labute approximate surface area is 83.5 Å². The minimum atomic E-state index is 0.175. The Balaban J connectivity index is 2.56. The number of nitrogens with zero attached hydrogens (tertiary/aromatic N) is 2. The third-order valence-corrected chi connectivity index (χ3v) is 2.38. The van der Waals surface area contributed by atoms with Gasteiger partial charge in [0.05, 0.1) is 5.52 Å². The van der Waals surface area contributed by atoms with Crippen LogP contribution in [0.15, 0.2) is 24.3 Å². The summed E-state index contributed by atoms with van der Waals surface area (Å²) in [5.41, 5.74) is 8.07. The Bertz CT molecular complexity index is 443. The summed E-state index contributed by atoms with van der Waals surface area (Å²) >= 11 is 0. The number of fused-ring (bicyclic) bond motifs is 1. The summed E-state index contributed by atoms with van der Waals surface area (Å²) in [6, 6.07) is 8.34. The molecule has 2 aromatic rings. The van der Waals surface area contributed by atoms with Gasteiger partial charge in [-0.15, -0.1) is 0 Å². The monoisotopic (exact) mass is 189 g/mol. The summed E-state index contributed by atoms with van der Waals surface area (Å²) in [6.07, 6.45) is 0.872. The third kappa shape index (κ3) is 1.51. The van der Waals surface area contributed by atoms with Crippen LogP contribution in [0.4, 0.5) is 0 Å². The molecule has 0 spiro atoms. The van der Waals surface area contributed by atoms with Crippen LogP contribution in [0.2, 0.25) is 0 Å². The molecule has 0 aliphatic rings. The quantitative estimate of drug-likeness (QED) is 0.777. The number of aryl methyl sites for hydroxylation is 1. The molecule has 1 heterocycles. The van der Waals surface area contributed by atoms with Crippen molar-refractivity contribution in [1.29, 1.82) is 0 Å². The second kappa shape index (κ2) is 3.42. The third-order valence-electron chi connectivity index (χ3n) is 2.38. The van der Waals surface area contributed by atoms with Gasteiger partial charge in [0.25, 0.3) is 0 Å². The maximum Gasteiger partial charge on any atom is 0.0926 e. The van der Waals surface area contributed by atoms with Crippen molar-refractivity contribution < 1.29 is 0 Å². The van der Waals surface area contributed by atoms with Gasteiger partial charge in [-0.25, -0.2) is 0 Å². The van der Waals surface area contributed by atoms with E-state index >= 15 is 0 Å². The van der Waals surface area contributed by atoms with Gasteiger partial charge in [0.1, 0.15) is 0 Å². The first-order chi connectivity index (χ1) is 6.68. The fourth-order valence-corrected chi connectivity index (χ4v) is 1.75. The van der Waals surface area contributed by atoms with Crippen molar-refractivity contribution in [2.75, 3.05) is 0 Å². The van der Waals surface area contributed by atoms with Crippen LogP contribution < -0.4 is 5.73 Å². The number of hydrogen-bond acceptors (Lipinski definition) is 2. The van der Waals surface area contributed by atoms with Crippen molar-refractivity contribution in [1.82, 2.24) is 9.78 Å². The molecule has 14 heavy (non-hydrogen) atoms. The van der Waals surface area contributed by atoms with Gasteiger partial charge in [0.2, 0.25) is 0 Å². The van der Waals surface area contributed by atoms with Crippen LogP contribution in [-0.2, 0) is 13.5 Å². The topological polar surface area (TPSA) is 43.8 Å². The fraction of sp³-hybridized carbons (Fsp3) is 0.364. The Morgan fingerprint density at radius 1 is 1.43 bits per heavy atom. The Morgan fingerprint density at radius 3 is 2.86 bits per heavy atom. The van der Waals surface area contributed by atoms with E-state index in [-0.39, 0.29) is 6.04 Å². The molecule has 0 saturated heterocycles. The van der Waals surface area contributed by atoms with Crippen molar-refractivity contribution in [2.45, 2.75) is 19.4 Å². The van der Waals surface area contributed by atoms with Crippen LogP contribution in [0.5, 0.6) is 0 Å². The molecule has 0 bridgehead atoms. The molecule has 0 amide bonds. The van der Waals surface area contributed by atoms with Crippen molar-refractivity contribution >= 4 is 10.9 Å². The first-order valence-corrected chi connectivity index (χ1v) is 4.84. The number of nitrogens with two attached hydrogens (primary N) is 1. The minimum Gasteiger partial charge on any atom is -0.328 e. The highest BCUT2D eigenvalue weighted by molar-refractivity contribution is 5.81. The molecule has 74 valence electrons. The smallest absolute Gasteiger partial charge is 0.0926 e. The van der Waals surface area contributed by atoms with E-state index in [1.807, 2.05) is 36.9 Å². The Hall–Kier alpha value is -1.35. The van der Waals surface area contributed by atoms with Gasteiger partial charge in [0.15, 0.2) is 0 Å². The number of benzene rings is 1. The summed E-state index contributed by atoms with van der Waals surface area (Å²) in [5.74, 6) is 0. The molecule has 0 aliphatic carbocycles. The van der Waals surface area contributed by atoms with Gasteiger partial charge in [-0.05, 0) is 13.0 Å². The van der Waals surface area contributed by atoms with Crippen molar-refractivity contribution in [3.05, 3.63) is 30.0 Å². The molecule has 3 heteroatoms. The molecule has 0 unspecified atom stereocenters. The van der Waals surface area contributed by atoms with Crippen LogP contribution in [-0.4, -0.2) is 15.8 Å². The maximum atomic E-state index is 5.80. The van der Waals surface area contributed by atoms with Crippen LogP contribution in [0, 0.1) is 0 Å². The maximum absolute atomic E-state index is 5.80. The molecule has 3 nitrogen and oxygen atoms in total. The molecule has 1 aromatic heterocycles. The van der Waals surface area contributed by atoms with E-state index < -0.39 is 0 Å².